The molecule has 2 saturated heterocycles. The number of nitrogens with two attached hydrogens (primary N) is 1. The van der Waals surface area contributed by atoms with E-state index in [1.807, 2.05) is 22.7 Å². The zero-order valence-electron chi connectivity index (χ0n) is 64.2. The van der Waals surface area contributed by atoms with Crippen LogP contribution in [0.3, 0.4) is 0 Å². The summed E-state index contributed by atoms with van der Waals surface area (Å²) in [5.41, 5.74) is 9.39. The van der Waals surface area contributed by atoms with Crippen molar-refractivity contribution >= 4 is 105 Å². The summed E-state index contributed by atoms with van der Waals surface area (Å²) in [6, 6.07) is 13.1. The number of amides is 12. The van der Waals surface area contributed by atoms with Crippen LogP contribution in [-0.2, 0) is 91.2 Å². The lowest BCUT2D eigenvalue weighted by atomic mass is 10.1. The molecule has 0 radical (unpaired) electrons. The number of hydrogen-bond acceptors (Lipinski definition) is 23. The number of benzene rings is 2. The third-order valence-electron chi connectivity index (χ3n) is 18.5. The molecule has 114 heavy (non-hydrogen) atoms. The summed E-state index contributed by atoms with van der Waals surface area (Å²) < 4.78 is 20.6. The number of aromatic nitrogens is 12. The number of imidazole rings is 4. The Morgan fingerprint density at radius 3 is 1.69 bits per heavy atom. The number of carbonyl (C=O) groups is 12. The number of likely N-dealkylation sites (tertiary alicyclic amines) is 2. The van der Waals surface area contributed by atoms with E-state index in [0.717, 1.165) is 5.56 Å². The highest BCUT2D eigenvalue weighted by atomic mass is 16.5. The van der Waals surface area contributed by atoms with Gasteiger partial charge in [0.15, 0.2) is 17.5 Å². The average Bonchev–Trinajstić information content (AvgIpc) is 1.67. The molecule has 14 N–H and O–H groups in total. The van der Waals surface area contributed by atoms with Gasteiger partial charge >= 0.3 is 0 Å². The van der Waals surface area contributed by atoms with E-state index in [1.165, 1.54) is 32.3 Å². The van der Waals surface area contributed by atoms with Crippen molar-refractivity contribution in [3.05, 3.63) is 132 Å². The van der Waals surface area contributed by atoms with E-state index in [4.69, 9.17) is 15.2 Å². The van der Waals surface area contributed by atoms with E-state index in [1.54, 1.807) is 130 Å². The van der Waals surface area contributed by atoms with Crippen molar-refractivity contribution in [2.45, 2.75) is 82.1 Å². The minimum atomic E-state index is -0.652. The van der Waals surface area contributed by atoms with E-state index >= 15 is 0 Å². The number of carbonyl (C=O) groups excluding carboxylic acids is 12. The molecule has 2 aliphatic heterocycles. The van der Waals surface area contributed by atoms with Crippen LogP contribution < -0.4 is 69.5 Å². The molecule has 0 bridgehead atoms. The molecular formula is C73H95N27O14. The molecule has 8 aromatic rings. The summed E-state index contributed by atoms with van der Waals surface area (Å²) in [5.74, 6) is -3.76. The number of aryl methyl sites for hydroxylation is 5. The maximum Gasteiger partial charge on any atom is 0.287 e. The lowest BCUT2D eigenvalue weighted by Gasteiger charge is -2.18. The van der Waals surface area contributed by atoms with Crippen LogP contribution in [0.5, 0.6) is 0 Å². The first-order valence-corrected chi connectivity index (χ1v) is 36.8. The molecule has 41 nitrogen and oxygen atoms in total. The Morgan fingerprint density at radius 1 is 0.491 bits per heavy atom. The molecular weight excluding hydrogens is 1480 g/mol. The molecule has 10 rings (SSSR count). The minimum Gasteiger partial charge on any atom is -0.397 e. The van der Waals surface area contributed by atoms with Crippen molar-refractivity contribution in [3.63, 3.8) is 0 Å². The molecule has 0 spiro atoms. The topological polar surface area (TPSA) is 507 Å². The van der Waals surface area contributed by atoms with Gasteiger partial charge in [0, 0.05) is 179 Å². The molecule has 4 atom stereocenters. The van der Waals surface area contributed by atoms with E-state index in [-0.39, 0.29) is 168 Å². The summed E-state index contributed by atoms with van der Waals surface area (Å²) in [6.45, 7) is 2.59. The largest absolute Gasteiger partial charge is 0.397 e. The maximum absolute atomic E-state index is 13.5. The Labute approximate surface area is 654 Å². The van der Waals surface area contributed by atoms with Gasteiger partial charge in [-0.1, -0.05) is 17.3 Å². The summed E-state index contributed by atoms with van der Waals surface area (Å²) in [4.78, 5) is 177. The van der Waals surface area contributed by atoms with Gasteiger partial charge in [0.2, 0.25) is 58.8 Å². The van der Waals surface area contributed by atoms with Gasteiger partial charge in [-0.2, -0.15) is 0 Å². The van der Waals surface area contributed by atoms with Crippen LogP contribution in [0.25, 0.3) is 11.4 Å². The number of nitrogen functional groups attached to an aromatic ring is 1. The van der Waals surface area contributed by atoms with Crippen LogP contribution in [-0.4, -0.2) is 249 Å². The Kier molecular flexibility index (Phi) is 29.1. The first kappa shape index (κ1) is 83.5. The molecule has 4 unspecified atom stereocenters. The molecule has 8 heterocycles. The van der Waals surface area contributed by atoms with Crippen LogP contribution in [0, 0.1) is 0 Å². The molecule has 12 amide bonds. The standard InChI is InChI=1S/C73H95N27O14/c1-93-27-25-76-63(93)45-33-52(94(2)37-45)68(107)78-23-20-61(104)86-56-42-99(7)66(88-56)73(112)83-48-35-53(95(3)39-48)69(108)77-21-10-13-59(102)85-55-41-97(5)64(87-55)71(110)80-24-19-60(103)82-47-34-54(96(4)38-47)70(109)90-57-43-98(6)65(89-57)72(111)79-22-18-58(101)75-26-29-113-31-32-114-30-28-100-40-49(91-92-100)36-62(105)81-46-16-14-44(15-17-46)67(106)84-51-12-9-8-11-50(51)74/h8-9,11-12,14-17,25,27,33,37,40-43,47-48,53-54H,10,13,18-24,26,28-32,34-36,38-39,74H2,1-7H3,(H,75,101)(H,77,108)(H,78,107)(H,79,111)(H,80,110)(H,81,105)(H,82,103)(H,83,112)(H,84,106)(H,85,102)(H,86,104)(H,90,109). The highest BCUT2D eigenvalue weighted by Crippen LogP contribution is 2.24. The highest BCUT2D eigenvalue weighted by Gasteiger charge is 2.38. The van der Waals surface area contributed by atoms with Gasteiger partial charge in [0.1, 0.15) is 11.5 Å². The van der Waals surface area contributed by atoms with Crippen LogP contribution in [0.1, 0.15) is 103 Å². The van der Waals surface area contributed by atoms with Crippen LogP contribution >= 0.6 is 0 Å². The van der Waals surface area contributed by atoms with Crippen LogP contribution in [0.15, 0.2) is 98.0 Å². The number of anilines is 6. The van der Waals surface area contributed by atoms with Gasteiger partial charge in [-0.05, 0) is 75.8 Å². The number of ether oxygens (including phenoxy) is 2. The zero-order chi connectivity index (χ0) is 81.5. The van der Waals surface area contributed by atoms with Gasteiger partial charge in [0.25, 0.3) is 29.5 Å². The van der Waals surface area contributed by atoms with Crippen LogP contribution in [0.2, 0.25) is 0 Å². The average molecular weight is 1570 g/mol. The summed E-state index contributed by atoms with van der Waals surface area (Å²) in [7, 11) is 11.9. The summed E-state index contributed by atoms with van der Waals surface area (Å²) >= 11 is 0. The third-order valence-corrected chi connectivity index (χ3v) is 18.5. The van der Waals surface area contributed by atoms with Crippen molar-refractivity contribution < 1.29 is 67.0 Å². The van der Waals surface area contributed by atoms with E-state index in [2.05, 4.69) is 94.0 Å². The fraction of sp³-hybridized carbons (Fsp3) is 0.425. The smallest absolute Gasteiger partial charge is 0.287 e. The predicted octanol–water partition coefficient (Wildman–Crippen LogP) is -0.754. The van der Waals surface area contributed by atoms with Crippen LogP contribution in [0.4, 0.5) is 34.5 Å². The molecule has 2 aromatic carbocycles. The number of hydrogen-bond donors (Lipinski definition) is 13. The Bertz CT molecular complexity index is 4780. The van der Waals surface area contributed by atoms with Crippen molar-refractivity contribution in [2.24, 2.45) is 35.2 Å². The third kappa shape index (κ3) is 23.8. The molecule has 6 aromatic heterocycles. The second-order valence-corrected chi connectivity index (χ2v) is 27.5. The first-order chi connectivity index (χ1) is 54.7. The summed E-state index contributed by atoms with van der Waals surface area (Å²) in [6.07, 6.45) is 12.1. The SMILES string of the molecule is CN1CC(NC(=O)c2nc(NC(=O)CCNC(=O)c3cc(-c4nccn4C)cn3C)cn2C)CC1C(=O)NCCCC(=O)Nc1cn(C)c(C(=O)NCCC(=O)NC2CC(C(=O)Nc3cn(C)c(C(=O)NCCC(=O)NCCOCCOCCn4cc(CC(=O)Nc5ccc(C(=O)Nc6ccccc6N)cc5)nn4)n3)N(C)C2)n1. The number of para-hydroxylation sites is 2. The number of rotatable bonds is 39. The molecule has 0 aliphatic carbocycles. The van der Waals surface area contributed by atoms with Gasteiger partial charge < -0.3 is 102 Å². The monoisotopic (exact) mass is 1570 g/mol. The Morgan fingerprint density at radius 2 is 1.06 bits per heavy atom. The highest BCUT2D eigenvalue weighted by molar-refractivity contribution is 6.06. The van der Waals surface area contributed by atoms with Crippen molar-refractivity contribution in [1.29, 1.82) is 0 Å². The minimum absolute atomic E-state index is 0.00407. The predicted molar refractivity (Wildman–Crippen MR) is 414 cm³/mol. The lowest BCUT2D eigenvalue weighted by molar-refractivity contribution is -0.125. The second kappa shape index (κ2) is 39.7. The van der Waals surface area contributed by atoms with Gasteiger partial charge in [-0.15, -0.1) is 5.10 Å². The van der Waals surface area contributed by atoms with Crippen molar-refractivity contribution in [1.82, 2.24) is 105 Å². The fourth-order valence-electron chi connectivity index (χ4n) is 12.7. The molecule has 41 heteroatoms. The first-order valence-electron chi connectivity index (χ1n) is 36.8. The number of nitrogens with zero attached hydrogens (tertiary/aromatic N) is 14. The van der Waals surface area contributed by atoms with Gasteiger partial charge in [0.05, 0.1) is 68.5 Å². The lowest BCUT2D eigenvalue weighted by Crippen LogP contribution is -2.41. The van der Waals surface area contributed by atoms with Crippen molar-refractivity contribution in [3.8, 4) is 11.4 Å². The zero-order valence-corrected chi connectivity index (χ0v) is 64.2. The molecule has 0 saturated carbocycles. The maximum atomic E-state index is 13.5. The quantitative estimate of drug-likeness (QED) is 0.0166. The van der Waals surface area contributed by atoms with Gasteiger partial charge in [-0.3, -0.25) is 67.3 Å². The molecule has 2 aliphatic rings. The van der Waals surface area contributed by atoms with E-state index < -0.39 is 59.6 Å². The van der Waals surface area contributed by atoms with Crippen molar-refractivity contribution in [2.75, 3.05) is 119 Å². The number of likely N-dealkylation sites (N-methyl/N-ethyl adjacent to an activating group) is 2. The Balaban J connectivity index is 0.525. The number of nitrogens with one attached hydrogen (secondary N) is 12. The Hall–Kier alpha value is -13.0. The van der Waals surface area contributed by atoms with E-state index in [9.17, 15) is 57.5 Å². The second-order valence-electron chi connectivity index (χ2n) is 27.5. The normalized spacial score (nSPS) is 15.3. The fourth-order valence-corrected chi connectivity index (χ4v) is 12.7. The summed E-state index contributed by atoms with van der Waals surface area (Å²) in [5, 5.41) is 41.3. The molecule has 2 fully saturated rings. The van der Waals surface area contributed by atoms with E-state index in [0.29, 0.717) is 72.5 Å². The molecule has 606 valence electrons. The van der Waals surface area contributed by atoms with Gasteiger partial charge in [-0.25, -0.2) is 24.6 Å².